The summed E-state index contributed by atoms with van der Waals surface area (Å²) in [7, 11) is 0. The van der Waals surface area contributed by atoms with E-state index >= 15 is 0 Å². The number of benzene rings is 3. The molecule has 29 heavy (non-hydrogen) atoms. The molecule has 3 aromatic rings. The van der Waals surface area contributed by atoms with Gasteiger partial charge in [-0.1, -0.05) is 30.3 Å². The van der Waals surface area contributed by atoms with Crippen LogP contribution in [-0.4, -0.2) is 24.7 Å². The van der Waals surface area contributed by atoms with Crippen molar-refractivity contribution in [3.63, 3.8) is 0 Å². The number of hydrogen-bond acceptors (Lipinski definition) is 5. The molecule has 0 spiro atoms. The lowest BCUT2D eigenvalue weighted by Crippen LogP contribution is -2.17. The van der Waals surface area contributed by atoms with Crippen molar-refractivity contribution in [3.8, 4) is 11.5 Å². The van der Waals surface area contributed by atoms with Crippen molar-refractivity contribution < 1.29 is 19.1 Å². The van der Waals surface area contributed by atoms with Crippen molar-refractivity contribution in [2.75, 3.05) is 6.61 Å². The van der Waals surface area contributed by atoms with Gasteiger partial charge in [0.2, 0.25) is 0 Å². The molecule has 0 bridgehead atoms. The summed E-state index contributed by atoms with van der Waals surface area (Å²) in [6.07, 6.45) is 1.49. The molecule has 0 radical (unpaired) electrons. The molecule has 1 amide bonds. The van der Waals surface area contributed by atoms with Crippen LogP contribution in [0.5, 0.6) is 11.5 Å². The van der Waals surface area contributed by atoms with Crippen molar-refractivity contribution in [3.05, 3.63) is 70.2 Å². The van der Waals surface area contributed by atoms with Crippen molar-refractivity contribution in [1.29, 1.82) is 0 Å². The monoisotopic (exact) mass is 454 g/mol. The van der Waals surface area contributed by atoms with Gasteiger partial charge in [-0.3, -0.25) is 9.59 Å². The van der Waals surface area contributed by atoms with Crippen LogP contribution in [0.2, 0.25) is 0 Å². The highest BCUT2D eigenvalue weighted by atomic mass is 79.9. The Balaban J connectivity index is 1.76. The van der Waals surface area contributed by atoms with E-state index in [1.807, 2.05) is 43.3 Å². The molecular weight excluding hydrogens is 436 g/mol. The summed E-state index contributed by atoms with van der Waals surface area (Å²) in [5.74, 6) is -0.0561. The van der Waals surface area contributed by atoms with Crippen molar-refractivity contribution in [2.24, 2.45) is 5.10 Å². The molecule has 7 heteroatoms. The normalized spacial score (nSPS) is 10.9. The lowest BCUT2D eigenvalue weighted by atomic mass is 10.1. The van der Waals surface area contributed by atoms with E-state index in [2.05, 4.69) is 26.5 Å². The third-order valence-electron chi connectivity index (χ3n) is 3.97. The van der Waals surface area contributed by atoms with Crippen molar-refractivity contribution in [2.45, 2.75) is 13.8 Å². The predicted octanol–water partition coefficient (Wildman–Crippen LogP) is 4.69. The topological polar surface area (TPSA) is 77.0 Å². The summed E-state index contributed by atoms with van der Waals surface area (Å²) in [4.78, 5) is 23.7. The average Bonchev–Trinajstić information content (AvgIpc) is 2.70. The molecule has 148 valence electrons. The molecule has 3 rings (SSSR count). The maximum Gasteiger partial charge on any atom is 0.308 e. The molecule has 0 unspecified atom stereocenters. The maximum atomic E-state index is 12.4. The number of ether oxygens (including phenoxy) is 2. The zero-order valence-electron chi connectivity index (χ0n) is 15.9. The van der Waals surface area contributed by atoms with E-state index in [1.54, 1.807) is 18.2 Å². The third kappa shape index (κ3) is 5.20. The minimum absolute atomic E-state index is 0.302. The quantitative estimate of drug-likeness (QED) is 0.253. The fraction of sp³-hybridized carbons (Fsp3) is 0.136. The smallest absolute Gasteiger partial charge is 0.308 e. The van der Waals surface area contributed by atoms with E-state index in [9.17, 15) is 9.59 Å². The zero-order chi connectivity index (χ0) is 20.8. The van der Waals surface area contributed by atoms with E-state index < -0.39 is 5.97 Å². The van der Waals surface area contributed by atoms with Gasteiger partial charge < -0.3 is 9.47 Å². The fourth-order valence-corrected chi connectivity index (χ4v) is 3.27. The molecule has 0 aliphatic heterocycles. The van der Waals surface area contributed by atoms with E-state index in [1.165, 1.54) is 13.1 Å². The highest BCUT2D eigenvalue weighted by Gasteiger charge is 2.14. The van der Waals surface area contributed by atoms with Crippen molar-refractivity contribution >= 4 is 44.8 Å². The number of nitrogens with one attached hydrogen (secondary N) is 1. The average molecular weight is 455 g/mol. The summed E-state index contributed by atoms with van der Waals surface area (Å²) in [5, 5.41) is 6.07. The van der Waals surface area contributed by atoms with Gasteiger partial charge in [-0.25, -0.2) is 5.43 Å². The van der Waals surface area contributed by atoms with E-state index in [4.69, 9.17) is 9.47 Å². The van der Waals surface area contributed by atoms with E-state index in [0.29, 0.717) is 33.7 Å². The molecule has 1 N–H and O–H groups in total. The molecule has 0 atom stereocenters. The molecule has 0 aliphatic carbocycles. The number of fused-ring (bicyclic) bond motifs is 1. The van der Waals surface area contributed by atoms with Gasteiger partial charge in [0.05, 0.1) is 17.3 Å². The number of halogens is 1. The summed E-state index contributed by atoms with van der Waals surface area (Å²) in [6, 6.07) is 16.7. The minimum Gasteiger partial charge on any atom is -0.490 e. The molecule has 3 aromatic carbocycles. The van der Waals surface area contributed by atoms with Crippen LogP contribution in [0.4, 0.5) is 0 Å². The molecule has 0 fully saturated rings. The van der Waals surface area contributed by atoms with Crippen LogP contribution in [0.25, 0.3) is 10.8 Å². The second-order valence-electron chi connectivity index (χ2n) is 6.12. The number of nitrogens with zero attached hydrogens (tertiary/aromatic N) is 1. The van der Waals surface area contributed by atoms with Gasteiger partial charge in [0.15, 0.2) is 11.5 Å². The summed E-state index contributed by atoms with van der Waals surface area (Å²) in [5.41, 5.74) is 3.70. The molecule has 0 heterocycles. The van der Waals surface area contributed by atoms with Gasteiger partial charge in [-0.05, 0) is 63.5 Å². The van der Waals surface area contributed by atoms with Gasteiger partial charge in [0, 0.05) is 12.5 Å². The lowest BCUT2D eigenvalue weighted by Gasteiger charge is -2.12. The Bertz CT molecular complexity index is 1100. The largest absolute Gasteiger partial charge is 0.490 e. The highest BCUT2D eigenvalue weighted by Crippen LogP contribution is 2.36. The molecular formula is C22H19BrN2O4. The summed E-state index contributed by atoms with van der Waals surface area (Å²) >= 11 is 3.37. The number of esters is 1. The first-order valence-corrected chi connectivity index (χ1v) is 9.74. The molecule has 0 aliphatic rings. The van der Waals surface area contributed by atoms with Gasteiger partial charge in [0.25, 0.3) is 5.91 Å². The Kier molecular flexibility index (Phi) is 6.61. The SMILES string of the molecule is CCOc1cc(/C=N\NC(=O)c2ccc3ccccc3c2)cc(Br)c1OC(C)=O. The summed E-state index contributed by atoms with van der Waals surface area (Å²) < 4.78 is 11.3. The third-order valence-corrected chi connectivity index (χ3v) is 4.56. The summed E-state index contributed by atoms with van der Waals surface area (Å²) in [6.45, 7) is 3.55. The van der Waals surface area contributed by atoms with E-state index in [-0.39, 0.29) is 5.91 Å². The number of carbonyl (C=O) groups excluding carboxylic acids is 2. The first-order chi connectivity index (χ1) is 14.0. The number of hydrazone groups is 1. The lowest BCUT2D eigenvalue weighted by molar-refractivity contribution is -0.132. The van der Waals surface area contributed by atoms with Crippen LogP contribution in [0.1, 0.15) is 29.8 Å². The van der Waals surface area contributed by atoms with Crippen LogP contribution < -0.4 is 14.9 Å². The Morgan fingerprint density at radius 1 is 1.10 bits per heavy atom. The van der Waals surface area contributed by atoms with Gasteiger partial charge >= 0.3 is 5.97 Å². The van der Waals surface area contributed by atoms with Gasteiger partial charge in [-0.15, -0.1) is 0 Å². The highest BCUT2D eigenvalue weighted by molar-refractivity contribution is 9.10. The van der Waals surface area contributed by atoms with E-state index in [0.717, 1.165) is 10.8 Å². The Morgan fingerprint density at radius 3 is 2.59 bits per heavy atom. The van der Waals surface area contributed by atoms with Gasteiger partial charge in [-0.2, -0.15) is 5.10 Å². The molecule has 0 saturated carbocycles. The minimum atomic E-state index is -0.448. The van der Waals surface area contributed by atoms with Crippen LogP contribution >= 0.6 is 15.9 Å². The maximum absolute atomic E-state index is 12.4. The Labute approximate surface area is 176 Å². The second kappa shape index (κ2) is 9.34. The van der Waals surface area contributed by atoms with Crippen LogP contribution in [-0.2, 0) is 4.79 Å². The first kappa shape index (κ1) is 20.5. The predicted molar refractivity (Wildman–Crippen MR) is 116 cm³/mol. The number of amides is 1. The number of rotatable bonds is 6. The standard InChI is InChI=1S/C22H19BrN2O4/c1-3-28-20-11-15(10-19(23)21(20)29-14(2)26)13-24-25-22(27)18-9-8-16-6-4-5-7-17(16)12-18/h4-13H,3H2,1-2H3,(H,25,27)/b24-13-. The number of hydrogen-bond donors (Lipinski definition) is 1. The fourth-order valence-electron chi connectivity index (χ4n) is 2.73. The first-order valence-electron chi connectivity index (χ1n) is 8.95. The van der Waals surface area contributed by atoms with Gasteiger partial charge in [0.1, 0.15) is 0 Å². The Morgan fingerprint density at radius 2 is 1.86 bits per heavy atom. The van der Waals surface area contributed by atoms with Crippen LogP contribution in [0.3, 0.4) is 0 Å². The number of carbonyl (C=O) groups is 2. The van der Waals surface area contributed by atoms with Crippen LogP contribution in [0, 0.1) is 0 Å². The molecule has 0 saturated heterocycles. The Hall–Kier alpha value is -3.19. The van der Waals surface area contributed by atoms with Crippen molar-refractivity contribution in [1.82, 2.24) is 5.43 Å². The zero-order valence-corrected chi connectivity index (χ0v) is 17.5. The second-order valence-corrected chi connectivity index (χ2v) is 6.97. The molecule has 6 nitrogen and oxygen atoms in total. The van der Waals surface area contributed by atoms with Crippen LogP contribution in [0.15, 0.2) is 64.2 Å². The molecule has 0 aromatic heterocycles.